The number of nitrogens with one attached hydrogen (secondary N) is 1. The number of furan rings is 1. The van der Waals surface area contributed by atoms with Gasteiger partial charge in [0.15, 0.2) is 0 Å². The van der Waals surface area contributed by atoms with Gasteiger partial charge in [-0.15, -0.1) is 0 Å². The SMILES string of the molecule is N#C/C(=C/c1ccc(-c2ccc(S(N)(=O)=O)cc2)o1)C(=O)Nc1ccc(Cl)cc1. The van der Waals surface area contributed by atoms with E-state index < -0.39 is 15.9 Å². The summed E-state index contributed by atoms with van der Waals surface area (Å²) in [7, 11) is -3.78. The smallest absolute Gasteiger partial charge is 0.266 e. The summed E-state index contributed by atoms with van der Waals surface area (Å²) in [4.78, 5) is 12.3. The minimum Gasteiger partial charge on any atom is -0.457 e. The molecule has 9 heteroatoms. The van der Waals surface area contributed by atoms with Crippen LogP contribution >= 0.6 is 11.6 Å². The third kappa shape index (κ3) is 5.12. The number of halogens is 1. The van der Waals surface area contributed by atoms with Crippen LogP contribution in [0.2, 0.25) is 5.02 Å². The number of hydrogen-bond donors (Lipinski definition) is 2. The molecule has 7 nitrogen and oxygen atoms in total. The molecule has 0 unspecified atom stereocenters. The normalized spacial score (nSPS) is 11.7. The quantitative estimate of drug-likeness (QED) is 0.473. The number of nitriles is 1. The Kier molecular flexibility index (Phi) is 5.84. The molecule has 1 heterocycles. The second kappa shape index (κ2) is 8.32. The Morgan fingerprint density at radius 3 is 2.31 bits per heavy atom. The Hall–Kier alpha value is -3.38. The molecule has 0 spiro atoms. The highest BCUT2D eigenvalue weighted by atomic mass is 35.5. The molecule has 3 rings (SSSR count). The van der Waals surface area contributed by atoms with Crippen LogP contribution in [-0.4, -0.2) is 14.3 Å². The van der Waals surface area contributed by atoms with E-state index in [1.165, 1.54) is 18.2 Å². The van der Waals surface area contributed by atoms with E-state index in [1.807, 2.05) is 6.07 Å². The average Bonchev–Trinajstić information content (AvgIpc) is 3.16. The minimum absolute atomic E-state index is 0.0152. The fraction of sp³-hybridized carbons (Fsp3) is 0. The summed E-state index contributed by atoms with van der Waals surface area (Å²) < 4.78 is 28.3. The first kappa shape index (κ1) is 20.4. The van der Waals surface area contributed by atoms with Crippen LogP contribution in [0, 0.1) is 11.3 Å². The van der Waals surface area contributed by atoms with Gasteiger partial charge < -0.3 is 9.73 Å². The van der Waals surface area contributed by atoms with Gasteiger partial charge in [0.1, 0.15) is 23.2 Å². The summed E-state index contributed by atoms with van der Waals surface area (Å²) in [6.07, 6.45) is 1.31. The number of carbonyl (C=O) groups excluding carboxylic acids is 1. The highest BCUT2D eigenvalue weighted by Crippen LogP contribution is 2.25. The Morgan fingerprint density at radius 1 is 1.07 bits per heavy atom. The lowest BCUT2D eigenvalue weighted by Gasteiger charge is -2.03. The maximum atomic E-state index is 12.3. The highest BCUT2D eigenvalue weighted by molar-refractivity contribution is 7.89. The molecule has 0 fully saturated rings. The number of amides is 1. The maximum absolute atomic E-state index is 12.3. The zero-order valence-corrected chi connectivity index (χ0v) is 16.4. The Bertz CT molecular complexity index is 1220. The fourth-order valence-corrected chi connectivity index (χ4v) is 3.06. The Morgan fingerprint density at radius 2 is 1.72 bits per heavy atom. The molecule has 1 amide bonds. The van der Waals surface area contributed by atoms with Crippen LogP contribution in [-0.2, 0) is 14.8 Å². The van der Waals surface area contributed by atoms with Crippen LogP contribution in [0.1, 0.15) is 5.76 Å². The van der Waals surface area contributed by atoms with Crippen molar-refractivity contribution < 1.29 is 17.6 Å². The lowest BCUT2D eigenvalue weighted by molar-refractivity contribution is -0.112. The van der Waals surface area contributed by atoms with Gasteiger partial charge in [-0.3, -0.25) is 4.79 Å². The zero-order valence-electron chi connectivity index (χ0n) is 14.8. The second-order valence-corrected chi connectivity index (χ2v) is 7.90. The molecule has 0 bridgehead atoms. The number of hydrogen-bond acceptors (Lipinski definition) is 5. The predicted octanol–water partition coefficient (Wildman–Crippen LogP) is 3.79. The van der Waals surface area contributed by atoms with E-state index >= 15 is 0 Å². The number of benzene rings is 2. The fourth-order valence-electron chi connectivity index (χ4n) is 2.42. The van der Waals surface area contributed by atoms with E-state index in [4.69, 9.17) is 21.2 Å². The van der Waals surface area contributed by atoms with Crippen molar-refractivity contribution in [3.63, 3.8) is 0 Å². The van der Waals surface area contributed by atoms with Gasteiger partial charge in [-0.25, -0.2) is 13.6 Å². The van der Waals surface area contributed by atoms with E-state index in [9.17, 15) is 18.5 Å². The molecular formula is C20H14ClN3O4S. The summed E-state index contributed by atoms with van der Waals surface area (Å²) in [6, 6.07) is 17.4. The molecule has 29 heavy (non-hydrogen) atoms. The summed E-state index contributed by atoms with van der Waals surface area (Å²) in [5.41, 5.74) is 0.960. The van der Waals surface area contributed by atoms with Crippen LogP contribution in [0.3, 0.4) is 0 Å². The first-order valence-electron chi connectivity index (χ1n) is 8.18. The van der Waals surface area contributed by atoms with Gasteiger partial charge in [-0.1, -0.05) is 11.6 Å². The lowest BCUT2D eigenvalue weighted by atomic mass is 10.2. The molecular weight excluding hydrogens is 414 g/mol. The van der Waals surface area contributed by atoms with Crippen LogP contribution in [0.4, 0.5) is 5.69 Å². The van der Waals surface area contributed by atoms with Crippen molar-refractivity contribution in [1.82, 2.24) is 0 Å². The predicted molar refractivity (Wildman–Crippen MR) is 109 cm³/mol. The van der Waals surface area contributed by atoms with Crippen molar-refractivity contribution in [3.8, 4) is 17.4 Å². The standard InChI is InChI=1S/C20H14ClN3O4S/c21-15-3-5-16(6-4-15)24-20(25)14(12-22)11-17-7-10-19(28-17)13-1-8-18(9-2-13)29(23,26)27/h1-11H,(H,24,25)(H2,23,26,27)/b14-11-. The molecule has 3 aromatic rings. The molecule has 0 aliphatic carbocycles. The maximum Gasteiger partial charge on any atom is 0.266 e. The molecule has 0 radical (unpaired) electrons. The van der Waals surface area contributed by atoms with Crippen molar-refractivity contribution in [3.05, 3.63) is 77.0 Å². The van der Waals surface area contributed by atoms with Crippen molar-refractivity contribution >= 4 is 39.3 Å². The average molecular weight is 428 g/mol. The Balaban J connectivity index is 1.79. The number of primary sulfonamides is 1. The third-order valence-corrected chi connectivity index (χ3v) is 5.03. The molecule has 3 N–H and O–H groups in total. The van der Waals surface area contributed by atoms with Gasteiger partial charge in [0.2, 0.25) is 10.0 Å². The molecule has 1 aromatic heterocycles. The van der Waals surface area contributed by atoms with Crippen LogP contribution in [0.5, 0.6) is 0 Å². The molecule has 0 aliphatic heterocycles. The van der Waals surface area contributed by atoms with Gasteiger partial charge in [-0.2, -0.15) is 5.26 Å². The first-order chi connectivity index (χ1) is 13.8. The van der Waals surface area contributed by atoms with Crippen molar-refractivity contribution in [1.29, 1.82) is 5.26 Å². The molecule has 0 saturated heterocycles. The number of nitrogens with two attached hydrogens (primary N) is 1. The van der Waals surface area contributed by atoms with Crippen molar-refractivity contribution in [2.45, 2.75) is 4.90 Å². The highest BCUT2D eigenvalue weighted by Gasteiger charge is 2.12. The van der Waals surface area contributed by atoms with E-state index in [-0.39, 0.29) is 10.5 Å². The van der Waals surface area contributed by atoms with Gasteiger partial charge in [0.25, 0.3) is 5.91 Å². The van der Waals surface area contributed by atoms with E-state index in [1.54, 1.807) is 48.5 Å². The largest absolute Gasteiger partial charge is 0.457 e. The van der Waals surface area contributed by atoms with Crippen molar-refractivity contribution in [2.24, 2.45) is 5.14 Å². The van der Waals surface area contributed by atoms with Gasteiger partial charge in [-0.05, 0) is 60.7 Å². The van der Waals surface area contributed by atoms with Gasteiger partial charge in [0.05, 0.1) is 4.90 Å². The summed E-state index contributed by atoms with van der Waals surface area (Å²) in [6.45, 7) is 0. The van der Waals surface area contributed by atoms with Crippen molar-refractivity contribution in [2.75, 3.05) is 5.32 Å². The number of nitrogens with zero attached hydrogens (tertiary/aromatic N) is 1. The molecule has 146 valence electrons. The van der Waals surface area contributed by atoms with Gasteiger partial charge >= 0.3 is 0 Å². The third-order valence-electron chi connectivity index (χ3n) is 3.85. The Labute approximate surface area is 172 Å². The van der Waals surface area contributed by atoms with E-state index in [2.05, 4.69) is 5.32 Å². The zero-order chi connectivity index (χ0) is 21.0. The summed E-state index contributed by atoms with van der Waals surface area (Å²) >= 11 is 5.80. The molecule has 0 atom stereocenters. The molecule has 0 saturated carbocycles. The lowest BCUT2D eigenvalue weighted by Crippen LogP contribution is -2.13. The topological polar surface area (TPSA) is 126 Å². The van der Waals surface area contributed by atoms with E-state index in [0.717, 1.165) is 0 Å². The first-order valence-corrected chi connectivity index (χ1v) is 10.1. The minimum atomic E-state index is -3.78. The number of carbonyl (C=O) groups is 1. The van der Waals surface area contributed by atoms with E-state index in [0.29, 0.717) is 27.8 Å². The van der Waals surface area contributed by atoms with Crippen LogP contribution < -0.4 is 10.5 Å². The molecule has 0 aliphatic rings. The van der Waals surface area contributed by atoms with Crippen LogP contribution in [0.15, 0.2) is 75.5 Å². The summed E-state index contributed by atoms with van der Waals surface area (Å²) in [5, 5.41) is 17.5. The van der Waals surface area contributed by atoms with Gasteiger partial charge in [0, 0.05) is 22.3 Å². The number of rotatable bonds is 5. The second-order valence-electron chi connectivity index (χ2n) is 5.90. The monoisotopic (exact) mass is 427 g/mol. The number of sulfonamides is 1. The number of anilines is 1. The molecule has 2 aromatic carbocycles. The van der Waals surface area contributed by atoms with Crippen LogP contribution in [0.25, 0.3) is 17.4 Å². The summed E-state index contributed by atoms with van der Waals surface area (Å²) in [5.74, 6) is 0.135.